The average molecular weight is 621 g/mol. The molecular formula is C32H30HfSi. The first-order chi connectivity index (χ1) is 16.4. The number of hydrogen-bond acceptors (Lipinski definition) is 0. The summed E-state index contributed by atoms with van der Waals surface area (Å²) >= 11 is -3.48. The van der Waals surface area contributed by atoms with Crippen LogP contribution in [0.4, 0.5) is 0 Å². The van der Waals surface area contributed by atoms with Crippen LogP contribution in [0.2, 0.25) is 9.36 Å². The SMILES string of the molecule is [CH3][Hf]([CH3])(=[SiH2])([CH]1C=Cc2c(-c3ccccc3)cccc21)[CH]1C=Cc2c(-c3ccccc3)cccc21. The quantitative estimate of drug-likeness (QED) is 0.202. The predicted molar refractivity (Wildman–Crippen MR) is 148 cm³/mol. The fourth-order valence-corrected chi connectivity index (χ4v) is 27.9. The molecule has 6 rings (SSSR count). The van der Waals surface area contributed by atoms with Crippen molar-refractivity contribution in [2.45, 2.75) is 16.7 Å². The predicted octanol–water partition coefficient (Wildman–Crippen LogP) is 8.19. The zero-order valence-electron chi connectivity index (χ0n) is 19.9. The molecule has 0 spiro atoms. The monoisotopic (exact) mass is 622 g/mol. The molecule has 166 valence electrons. The van der Waals surface area contributed by atoms with Gasteiger partial charge < -0.3 is 0 Å². The molecule has 2 atom stereocenters. The van der Waals surface area contributed by atoms with Crippen molar-refractivity contribution in [1.82, 2.24) is 0 Å². The fourth-order valence-electron chi connectivity index (χ4n) is 6.26. The summed E-state index contributed by atoms with van der Waals surface area (Å²) in [6.07, 6.45) is 9.93. The first kappa shape index (κ1) is 21.9. The molecule has 0 saturated carbocycles. The van der Waals surface area contributed by atoms with Crippen LogP contribution < -0.4 is 0 Å². The van der Waals surface area contributed by atoms with Gasteiger partial charge in [0.05, 0.1) is 0 Å². The molecule has 4 aromatic carbocycles. The summed E-state index contributed by atoms with van der Waals surface area (Å²) in [7, 11) is 0. The average Bonchev–Trinajstić information content (AvgIpc) is 3.51. The van der Waals surface area contributed by atoms with E-state index >= 15 is 0 Å². The van der Waals surface area contributed by atoms with Crippen molar-refractivity contribution in [2.75, 3.05) is 0 Å². The van der Waals surface area contributed by atoms with Crippen LogP contribution in [-0.2, 0) is 17.1 Å². The third-order valence-corrected chi connectivity index (χ3v) is 33.6. The number of benzene rings is 4. The van der Waals surface area contributed by atoms with Crippen LogP contribution in [-0.4, -0.2) is 6.94 Å². The van der Waals surface area contributed by atoms with Gasteiger partial charge in [0.15, 0.2) is 0 Å². The van der Waals surface area contributed by atoms with Gasteiger partial charge in [0, 0.05) is 0 Å². The third kappa shape index (κ3) is 3.42. The first-order valence-corrected chi connectivity index (χ1v) is 31.9. The molecule has 2 aliphatic carbocycles. The Morgan fingerprint density at radius 2 is 0.941 bits per heavy atom. The van der Waals surface area contributed by atoms with Crippen molar-refractivity contribution in [3.8, 4) is 22.3 Å². The Hall–Kier alpha value is -2.55. The molecule has 0 saturated heterocycles. The summed E-state index contributed by atoms with van der Waals surface area (Å²) < 4.78 is 6.48. The molecule has 0 aliphatic heterocycles. The van der Waals surface area contributed by atoms with Gasteiger partial charge in [-0.1, -0.05) is 0 Å². The van der Waals surface area contributed by atoms with E-state index in [1.165, 1.54) is 44.5 Å². The van der Waals surface area contributed by atoms with Crippen LogP contribution in [0.25, 0.3) is 34.4 Å². The second kappa shape index (κ2) is 8.00. The van der Waals surface area contributed by atoms with Gasteiger partial charge >= 0.3 is 207 Å². The first-order valence-electron chi connectivity index (χ1n) is 12.2. The summed E-state index contributed by atoms with van der Waals surface area (Å²) in [6, 6.07) is 35.6. The zero-order valence-corrected chi connectivity index (χ0v) is 24.9. The van der Waals surface area contributed by atoms with E-state index in [0.717, 1.165) is 0 Å². The van der Waals surface area contributed by atoms with E-state index in [1.807, 2.05) is 0 Å². The number of rotatable bonds is 4. The van der Waals surface area contributed by atoms with Gasteiger partial charge in [0.2, 0.25) is 0 Å². The van der Waals surface area contributed by atoms with Crippen LogP contribution in [0.1, 0.15) is 29.6 Å². The van der Waals surface area contributed by atoms with Gasteiger partial charge in [0.1, 0.15) is 0 Å². The summed E-state index contributed by atoms with van der Waals surface area (Å²) in [4.78, 5) is 0. The molecule has 0 heterocycles. The van der Waals surface area contributed by atoms with E-state index in [1.54, 1.807) is 0 Å². The maximum absolute atomic E-state index is 3.48. The minimum absolute atomic E-state index is 0.551. The van der Waals surface area contributed by atoms with E-state index in [2.05, 4.69) is 138 Å². The Balaban J connectivity index is 1.45. The Bertz CT molecular complexity index is 1410. The standard InChI is InChI=1S/2C15H11.2CH3.Hf.H2Si/c2*1-2-6-12(7-3-1)14-10-4-8-13-9-5-11-15(13)14;;;;/h2*1-11H;2*1H3;;1H2. The molecule has 2 unspecified atom stereocenters. The Kier molecular flexibility index (Phi) is 5.16. The van der Waals surface area contributed by atoms with Crippen molar-refractivity contribution >= 4 is 19.1 Å². The minimum atomic E-state index is -3.48. The molecule has 34 heavy (non-hydrogen) atoms. The van der Waals surface area contributed by atoms with Gasteiger partial charge in [-0.2, -0.15) is 0 Å². The Morgan fingerprint density at radius 1 is 0.529 bits per heavy atom. The Labute approximate surface area is 205 Å². The van der Waals surface area contributed by atoms with Crippen molar-refractivity contribution in [3.05, 3.63) is 131 Å². The van der Waals surface area contributed by atoms with E-state index in [9.17, 15) is 0 Å². The van der Waals surface area contributed by atoms with E-state index in [4.69, 9.17) is 0 Å². The molecule has 0 amide bonds. The van der Waals surface area contributed by atoms with Gasteiger partial charge in [-0.05, 0) is 0 Å². The molecule has 0 N–H and O–H groups in total. The summed E-state index contributed by atoms with van der Waals surface area (Å²) in [6.45, 7) is 2.40. The third-order valence-electron chi connectivity index (χ3n) is 8.07. The van der Waals surface area contributed by atoms with Crippen molar-refractivity contribution in [2.24, 2.45) is 0 Å². The van der Waals surface area contributed by atoms with Crippen LogP contribution in [0.3, 0.4) is 0 Å². The fraction of sp³-hybridized carbons (Fsp3) is 0.125. The van der Waals surface area contributed by atoms with Gasteiger partial charge in [-0.15, -0.1) is 0 Å². The van der Waals surface area contributed by atoms with Crippen molar-refractivity contribution in [3.63, 3.8) is 0 Å². The summed E-state index contributed by atoms with van der Waals surface area (Å²) in [5.41, 5.74) is 11.3. The molecule has 0 fully saturated rings. The van der Waals surface area contributed by atoms with Crippen LogP contribution in [0, 0.1) is 0 Å². The zero-order chi connectivity index (χ0) is 23.4. The molecule has 0 aromatic heterocycles. The molecule has 0 bridgehead atoms. The number of allylic oxidation sites excluding steroid dienone is 2. The van der Waals surface area contributed by atoms with Crippen LogP contribution in [0.5, 0.6) is 0 Å². The normalized spacial score (nSPS) is 18.7. The van der Waals surface area contributed by atoms with E-state index in [-0.39, 0.29) is 0 Å². The molecule has 2 aliphatic rings. The second-order valence-corrected chi connectivity index (χ2v) is 54.8. The van der Waals surface area contributed by atoms with Crippen LogP contribution >= 0.6 is 0 Å². The molecule has 4 aromatic rings. The topological polar surface area (TPSA) is 0 Å². The van der Waals surface area contributed by atoms with Gasteiger partial charge in [-0.3, -0.25) is 0 Å². The summed E-state index contributed by atoms with van der Waals surface area (Å²) in [5.74, 6) is 0. The molecule has 0 nitrogen and oxygen atoms in total. The second-order valence-electron chi connectivity index (χ2n) is 11.0. The number of hydrogen-bond donors (Lipinski definition) is 0. The van der Waals surface area contributed by atoms with Crippen LogP contribution in [0.15, 0.2) is 109 Å². The maximum atomic E-state index is 2.69. The number of fused-ring (bicyclic) bond motifs is 2. The molecular weight excluding hydrogens is 591 g/mol. The van der Waals surface area contributed by atoms with Gasteiger partial charge in [0.25, 0.3) is 0 Å². The van der Waals surface area contributed by atoms with Crippen molar-refractivity contribution in [1.29, 1.82) is 0 Å². The Morgan fingerprint density at radius 3 is 1.35 bits per heavy atom. The summed E-state index contributed by atoms with van der Waals surface area (Å²) in [5, 5.41) is 0. The van der Waals surface area contributed by atoms with E-state index in [0.29, 0.717) is 7.35 Å². The van der Waals surface area contributed by atoms with Gasteiger partial charge in [-0.25, -0.2) is 0 Å². The van der Waals surface area contributed by atoms with Crippen molar-refractivity contribution < 1.29 is 17.1 Å². The molecule has 0 radical (unpaired) electrons. The molecule has 2 heteroatoms. The van der Waals surface area contributed by atoms with E-state index < -0.39 is 17.1 Å².